The lowest BCUT2D eigenvalue weighted by molar-refractivity contribution is -0.184. The molecule has 2 atom stereocenters. The summed E-state index contributed by atoms with van der Waals surface area (Å²) in [6, 6.07) is 11.5. The Kier molecular flexibility index (Phi) is 4.16. The van der Waals surface area contributed by atoms with E-state index in [1.54, 1.807) is 26.6 Å². The number of nitrogens with zero attached hydrogens (tertiary/aromatic N) is 2. The molecule has 2 aromatic rings. The molecule has 4 nitrogen and oxygen atoms in total. The molecule has 0 saturated carbocycles. The molecule has 0 aliphatic carbocycles. The highest BCUT2D eigenvalue weighted by Crippen LogP contribution is 2.43. The number of rotatable bonds is 5. The van der Waals surface area contributed by atoms with Crippen LogP contribution in [0.2, 0.25) is 0 Å². The van der Waals surface area contributed by atoms with E-state index in [2.05, 4.69) is 9.97 Å². The van der Waals surface area contributed by atoms with Crippen LogP contribution in [0.5, 0.6) is 0 Å². The summed E-state index contributed by atoms with van der Waals surface area (Å²) < 4.78 is 11.6. The lowest BCUT2D eigenvalue weighted by Crippen LogP contribution is -2.49. The molecule has 0 aliphatic rings. The second-order valence-corrected chi connectivity index (χ2v) is 4.90. The van der Waals surface area contributed by atoms with Crippen LogP contribution in [0.15, 0.2) is 48.8 Å². The third-order valence-electron chi connectivity index (χ3n) is 4.03. The van der Waals surface area contributed by atoms with Gasteiger partial charge in [-0.15, -0.1) is 0 Å². The maximum Gasteiger partial charge on any atom is 0.141 e. The van der Waals surface area contributed by atoms with E-state index in [4.69, 9.17) is 9.47 Å². The van der Waals surface area contributed by atoms with Gasteiger partial charge in [0.2, 0.25) is 0 Å². The number of hydrogen-bond donors (Lipinski definition) is 0. The number of ether oxygens (including phenoxy) is 2. The fraction of sp³-hybridized carbons (Fsp3) is 0.375. The minimum absolute atomic E-state index is 0.753. The molecule has 0 fully saturated rings. The van der Waals surface area contributed by atoms with Crippen LogP contribution in [-0.4, -0.2) is 24.2 Å². The molecule has 0 radical (unpaired) electrons. The molecule has 2 rings (SSSR count). The van der Waals surface area contributed by atoms with E-state index >= 15 is 0 Å². The monoisotopic (exact) mass is 272 g/mol. The van der Waals surface area contributed by atoms with Crippen molar-refractivity contribution in [1.29, 1.82) is 0 Å². The molecular formula is C16H20N2O2. The fourth-order valence-corrected chi connectivity index (χ4v) is 2.38. The van der Waals surface area contributed by atoms with Gasteiger partial charge in [-0.25, -0.2) is 0 Å². The zero-order chi connectivity index (χ0) is 14.6. The van der Waals surface area contributed by atoms with Gasteiger partial charge in [-0.1, -0.05) is 12.1 Å². The number of pyridine rings is 2. The van der Waals surface area contributed by atoms with Crippen molar-refractivity contribution < 1.29 is 9.47 Å². The van der Waals surface area contributed by atoms with Crippen molar-refractivity contribution in [1.82, 2.24) is 9.97 Å². The highest BCUT2D eigenvalue weighted by atomic mass is 16.5. The lowest BCUT2D eigenvalue weighted by atomic mass is 9.79. The van der Waals surface area contributed by atoms with Gasteiger partial charge in [-0.2, -0.15) is 0 Å². The van der Waals surface area contributed by atoms with Gasteiger partial charge in [0.15, 0.2) is 0 Å². The summed E-state index contributed by atoms with van der Waals surface area (Å²) in [5.74, 6) is 0. The summed E-state index contributed by atoms with van der Waals surface area (Å²) >= 11 is 0. The molecule has 4 heteroatoms. The van der Waals surface area contributed by atoms with Crippen LogP contribution < -0.4 is 0 Å². The number of aromatic nitrogens is 2. The third-order valence-corrected chi connectivity index (χ3v) is 4.03. The van der Waals surface area contributed by atoms with Gasteiger partial charge in [0.05, 0.1) is 11.4 Å². The molecule has 106 valence electrons. The summed E-state index contributed by atoms with van der Waals surface area (Å²) in [5, 5.41) is 0. The van der Waals surface area contributed by atoms with Crippen molar-refractivity contribution in [2.24, 2.45) is 0 Å². The van der Waals surface area contributed by atoms with Gasteiger partial charge in [-0.3, -0.25) is 9.97 Å². The average molecular weight is 272 g/mol. The van der Waals surface area contributed by atoms with Crippen molar-refractivity contribution in [3.05, 3.63) is 60.2 Å². The third kappa shape index (κ3) is 2.21. The molecule has 0 aromatic carbocycles. The standard InChI is InChI=1S/C16H20N2O2/c1-15(19-3,13-9-5-7-11-17-13)16(2,20-4)14-10-6-8-12-18-14/h5-12H,1-4H3. The first-order valence-electron chi connectivity index (χ1n) is 6.52. The molecule has 0 N–H and O–H groups in total. The summed E-state index contributed by atoms with van der Waals surface area (Å²) in [4.78, 5) is 8.86. The molecule has 0 bridgehead atoms. The van der Waals surface area contributed by atoms with E-state index in [0.717, 1.165) is 11.4 Å². The predicted octanol–water partition coefficient (Wildman–Crippen LogP) is 2.90. The van der Waals surface area contributed by atoms with Gasteiger partial charge in [0.1, 0.15) is 11.2 Å². The average Bonchev–Trinajstić information content (AvgIpc) is 2.54. The zero-order valence-corrected chi connectivity index (χ0v) is 12.3. The molecule has 0 amide bonds. The second-order valence-electron chi connectivity index (χ2n) is 4.90. The SMILES string of the molecule is COC(C)(c1ccccn1)C(C)(OC)c1ccccn1. The molecule has 2 heterocycles. The maximum atomic E-state index is 5.81. The van der Waals surface area contributed by atoms with Gasteiger partial charge in [-0.05, 0) is 38.1 Å². The van der Waals surface area contributed by atoms with E-state index in [1.165, 1.54) is 0 Å². The molecule has 0 saturated heterocycles. The minimum atomic E-state index is -0.753. The van der Waals surface area contributed by atoms with Crippen molar-refractivity contribution in [3.63, 3.8) is 0 Å². The zero-order valence-electron chi connectivity index (χ0n) is 12.3. The summed E-state index contributed by atoms with van der Waals surface area (Å²) in [6.07, 6.45) is 3.50. The van der Waals surface area contributed by atoms with E-state index in [9.17, 15) is 0 Å². The molecule has 0 spiro atoms. The topological polar surface area (TPSA) is 44.2 Å². The van der Waals surface area contributed by atoms with Crippen LogP contribution in [-0.2, 0) is 20.7 Å². The first-order chi connectivity index (χ1) is 9.58. The molecular weight excluding hydrogens is 252 g/mol. The van der Waals surface area contributed by atoms with Crippen LogP contribution >= 0.6 is 0 Å². The van der Waals surface area contributed by atoms with Crippen LogP contribution in [0.3, 0.4) is 0 Å². The van der Waals surface area contributed by atoms with E-state index in [-0.39, 0.29) is 0 Å². The van der Waals surface area contributed by atoms with Crippen molar-refractivity contribution in [2.75, 3.05) is 14.2 Å². The Morgan fingerprint density at radius 1 is 0.750 bits per heavy atom. The van der Waals surface area contributed by atoms with E-state index in [0.29, 0.717) is 0 Å². The van der Waals surface area contributed by atoms with Gasteiger partial charge >= 0.3 is 0 Å². The van der Waals surface area contributed by atoms with E-state index in [1.807, 2.05) is 50.2 Å². The number of methoxy groups -OCH3 is 2. The molecule has 0 aliphatic heterocycles. The van der Waals surface area contributed by atoms with Crippen LogP contribution in [0, 0.1) is 0 Å². The molecule has 2 aromatic heterocycles. The Morgan fingerprint density at radius 2 is 1.15 bits per heavy atom. The van der Waals surface area contributed by atoms with E-state index < -0.39 is 11.2 Å². The largest absolute Gasteiger partial charge is 0.369 e. The normalized spacial score (nSPS) is 17.2. The Balaban J connectivity index is 2.58. The minimum Gasteiger partial charge on any atom is -0.369 e. The maximum absolute atomic E-state index is 5.81. The first-order valence-corrected chi connectivity index (χ1v) is 6.52. The van der Waals surface area contributed by atoms with Gasteiger partial charge < -0.3 is 9.47 Å². The van der Waals surface area contributed by atoms with Crippen LogP contribution in [0.25, 0.3) is 0 Å². The van der Waals surface area contributed by atoms with Crippen LogP contribution in [0.1, 0.15) is 25.2 Å². The number of hydrogen-bond acceptors (Lipinski definition) is 4. The second kappa shape index (κ2) is 5.69. The van der Waals surface area contributed by atoms with Crippen molar-refractivity contribution in [2.45, 2.75) is 25.0 Å². The highest BCUT2D eigenvalue weighted by molar-refractivity contribution is 5.25. The smallest absolute Gasteiger partial charge is 0.141 e. The summed E-state index contributed by atoms with van der Waals surface area (Å²) in [5.41, 5.74) is 0.101. The van der Waals surface area contributed by atoms with Gasteiger partial charge in [0.25, 0.3) is 0 Å². The quantitative estimate of drug-likeness (QED) is 0.839. The summed E-state index contributed by atoms with van der Waals surface area (Å²) in [7, 11) is 3.32. The Hall–Kier alpha value is -1.78. The lowest BCUT2D eigenvalue weighted by Gasteiger charge is -2.43. The van der Waals surface area contributed by atoms with Gasteiger partial charge in [0, 0.05) is 26.6 Å². The Bertz CT molecular complexity index is 495. The van der Waals surface area contributed by atoms with Crippen molar-refractivity contribution in [3.8, 4) is 0 Å². The molecule has 2 unspecified atom stereocenters. The van der Waals surface area contributed by atoms with Crippen molar-refractivity contribution >= 4 is 0 Å². The highest BCUT2D eigenvalue weighted by Gasteiger charge is 2.50. The first kappa shape index (κ1) is 14.6. The predicted molar refractivity (Wildman–Crippen MR) is 77.2 cm³/mol. The fourth-order valence-electron chi connectivity index (χ4n) is 2.38. The van der Waals surface area contributed by atoms with Crippen LogP contribution in [0.4, 0.5) is 0 Å². The summed E-state index contributed by atoms with van der Waals surface area (Å²) in [6.45, 7) is 3.93. The Labute approximate surface area is 119 Å². The molecule has 20 heavy (non-hydrogen) atoms. The Morgan fingerprint density at radius 3 is 1.40 bits per heavy atom.